The summed E-state index contributed by atoms with van der Waals surface area (Å²) in [6, 6.07) is 4.38. The van der Waals surface area contributed by atoms with Crippen molar-refractivity contribution in [2.45, 2.75) is 6.92 Å². The van der Waals surface area contributed by atoms with E-state index < -0.39 is 17.8 Å². The first kappa shape index (κ1) is 14.9. The summed E-state index contributed by atoms with van der Waals surface area (Å²) in [4.78, 5) is 25.4. The molecule has 0 spiro atoms. The van der Waals surface area contributed by atoms with Crippen LogP contribution in [0.5, 0.6) is 0 Å². The first-order chi connectivity index (χ1) is 9.86. The highest BCUT2D eigenvalue weighted by Gasteiger charge is 2.16. The SMILES string of the molecule is Cc1cc(NC(=O)Nc2cc(Cl)ccc2F)c(C(=O)O)[nH]1. The second kappa shape index (κ2) is 5.84. The van der Waals surface area contributed by atoms with Crippen LogP contribution in [0.2, 0.25) is 5.02 Å². The molecular weight excluding hydrogens is 301 g/mol. The summed E-state index contributed by atoms with van der Waals surface area (Å²) < 4.78 is 13.5. The molecule has 21 heavy (non-hydrogen) atoms. The predicted octanol–water partition coefficient (Wildman–Crippen LogP) is 3.46. The van der Waals surface area contributed by atoms with Crippen molar-refractivity contribution in [1.82, 2.24) is 4.98 Å². The van der Waals surface area contributed by atoms with Crippen LogP contribution in [0.1, 0.15) is 16.2 Å². The van der Waals surface area contributed by atoms with Gasteiger partial charge in [-0.1, -0.05) is 11.6 Å². The number of halogens is 2. The van der Waals surface area contributed by atoms with Gasteiger partial charge < -0.3 is 20.7 Å². The van der Waals surface area contributed by atoms with E-state index in [4.69, 9.17) is 16.7 Å². The number of amides is 2. The molecule has 0 bridgehead atoms. The van der Waals surface area contributed by atoms with Gasteiger partial charge in [0.2, 0.25) is 0 Å². The average molecular weight is 312 g/mol. The number of aromatic nitrogens is 1. The van der Waals surface area contributed by atoms with E-state index in [0.29, 0.717) is 5.69 Å². The minimum absolute atomic E-state index is 0.0833. The standard InChI is InChI=1S/C13H11ClFN3O3/c1-6-4-10(11(16-6)12(19)20)18-13(21)17-9-5-7(14)2-3-8(9)15/h2-5,16H,1H3,(H,19,20)(H2,17,18,21). The molecule has 0 saturated heterocycles. The molecule has 0 aliphatic carbocycles. The van der Waals surface area contributed by atoms with Crippen LogP contribution >= 0.6 is 11.6 Å². The molecule has 0 fully saturated rings. The number of aromatic amines is 1. The van der Waals surface area contributed by atoms with Crippen LogP contribution < -0.4 is 10.6 Å². The van der Waals surface area contributed by atoms with Gasteiger partial charge >= 0.3 is 12.0 Å². The monoisotopic (exact) mass is 311 g/mol. The molecule has 2 aromatic rings. The maximum atomic E-state index is 13.5. The fraction of sp³-hybridized carbons (Fsp3) is 0.0769. The van der Waals surface area contributed by atoms with Gasteiger partial charge in [-0.05, 0) is 31.2 Å². The average Bonchev–Trinajstić information content (AvgIpc) is 2.75. The number of carboxylic acids is 1. The van der Waals surface area contributed by atoms with Gasteiger partial charge in [-0.2, -0.15) is 0 Å². The molecule has 1 heterocycles. The zero-order valence-corrected chi connectivity index (χ0v) is 11.6. The lowest BCUT2D eigenvalue weighted by atomic mass is 10.3. The third kappa shape index (κ3) is 3.51. The van der Waals surface area contributed by atoms with Crippen molar-refractivity contribution in [2.75, 3.05) is 10.6 Å². The van der Waals surface area contributed by atoms with Crippen molar-refractivity contribution in [3.05, 3.63) is 46.5 Å². The first-order valence-electron chi connectivity index (χ1n) is 5.83. The van der Waals surface area contributed by atoms with Gasteiger partial charge in [-0.15, -0.1) is 0 Å². The quantitative estimate of drug-likeness (QED) is 0.699. The molecule has 0 unspecified atom stereocenters. The highest BCUT2D eigenvalue weighted by atomic mass is 35.5. The highest BCUT2D eigenvalue weighted by Crippen LogP contribution is 2.21. The maximum Gasteiger partial charge on any atom is 0.354 e. The number of anilines is 2. The van der Waals surface area contributed by atoms with E-state index in [1.807, 2.05) is 0 Å². The van der Waals surface area contributed by atoms with E-state index >= 15 is 0 Å². The second-order valence-electron chi connectivity index (χ2n) is 4.25. The predicted molar refractivity (Wildman–Crippen MR) is 76.5 cm³/mol. The lowest BCUT2D eigenvalue weighted by molar-refractivity contribution is 0.0692. The summed E-state index contributed by atoms with van der Waals surface area (Å²) in [6.45, 7) is 1.65. The number of hydrogen-bond donors (Lipinski definition) is 4. The van der Waals surface area contributed by atoms with E-state index in [1.165, 1.54) is 18.2 Å². The molecule has 4 N–H and O–H groups in total. The van der Waals surface area contributed by atoms with Crippen molar-refractivity contribution >= 4 is 35.0 Å². The Morgan fingerprint density at radius 2 is 1.90 bits per heavy atom. The Balaban J connectivity index is 2.15. The van der Waals surface area contributed by atoms with Crippen molar-refractivity contribution in [1.29, 1.82) is 0 Å². The third-order valence-electron chi connectivity index (χ3n) is 2.59. The smallest absolute Gasteiger partial charge is 0.354 e. The number of rotatable bonds is 3. The molecule has 0 aliphatic heterocycles. The zero-order valence-electron chi connectivity index (χ0n) is 10.8. The summed E-state index contributed by atoms with van der Waals surface area (Å²) in [5.41, 5.74) is 0.384. The molecule has 2 rings (SSSR count). The summed E-state index contributed by atoms with van der Waals surface area (Å²) in [7, 11) is 0. The van der Waals surface area contributed by atoms with Crippen LogP contribution in [-0.2, 0) is 0 Å². The van der Waals surface area contributed by atoms with E-state index in [9.17, 15) is 14.0 Å². The molecule has 8 heteroatoms. The van der Waals surface area contributed by atoms with Gasteiger partial charge in [0.15, 0.2) is 0 Å². The molecule has 6 nitrogen and oxygen atoms in total. The van der Waals surface area contributed by atoms with Gasteiger partial charge in [-0.3, -0.25) is 0 Å². The molecule has 2 amide bonds. The molecule has 0 saturated carbocycles. The summed E-state index contributed by atoms with van der Waals surface area (Å²) >= 11 is 5.71. The number of carbonyl (C=O) groups is 2. The lowest BCUT2D eigenvalue weighted by Crippen LogP contribution is -2.21. The molecular formula is C13H11ClFN3O3. The zero-order chi connectivity index (χ0) is 15.6. The van der Waals surface area contributed by atoms with E-state index in [0.717, 1.165) is 6.07 Å². The number of urea groups is 1. The minimum Gasteiger partial charge on any atom is -0.477 e. The number of carboxylic acid groups (broad SMARTS) is 1. The van der Waals surface area contributed by atoms with Crippen LogP contribution in [0.15, 0.2) is 24.3 Å². The molecule has 0 radical (unpaired) electrons. The van der Waals surface area contributed by atoms with Crippen molar-refractivity contribution in [3.8, 4) is 0 Å². The Morgan fingerprint density at radius 1 is 1.24 bits per heavy atom. The van der Waals surface area contributed by atoms with Crippen molar-refractivity contribution in [3.63, 3.8) is 0 Å². The third-order valence-corrected chi connectivity index (χ3v) is 2.83. The number of H-pyrrole nitrogens is 1. The Hall–Kier alpha value is -2.54. The number of nitrogens with one attached hydrogen (secondary N) is 3. The number of aromatic carboxylic acids is 1. The van der Waals surface area contributed by atoms with E-state index in [2.05, 4.69) is 15.6 Å². The largest absolute Gasteiger partial charge is 0.477 e. The topological polar surface area (TPSA) is 94.2 Å². The fourth-order valence-corrected chi connectivity index (χ4v) is 1.90. The van der Waals surface area contributed by atoms with Crippen LogP contribution in [0.4, 0.5) is 20.6 Å². The molecule has 1 aromatic heterocycles. The fourth-order valence-electron chi connectivity index (χ4n) is 1.73. The summed E-state index contributed by atoms with van der Waals surface area (Å²) in [5, 5.41) is 13.8. The highest BCUT2D eigenvalue weighted by molar-refractivity contribution is 6.30. The van der Waals surface area contributed by atoms with Gasteiger partial charge in [0.1, 0.15) is 11.5 Å². The Labute approximate surface area is 123 Å². The van der Waals surface area contributed by atoms with Gasteiger partial charge in [0, 0.05) is 10.7 Å². The second-order valence-corrected chi connectivity index (χ2v) is 4.69. The molecule has 1 aromatic carbocycles. The minimum atomic E-state index is -1.22. The van der Waals surface area contributed by atoms with Crippen LogP contribution in [-0.4, -0.2) is 22.1 Å². The van der Waals surface area contributed by atoms with Crippen LogP contribution in [0, 0.1) is 12.7 Å². The van der Waals surface area contributed by atoms with Crippen molar-refractivity contribution < 1.29 is 19.1 Å². The first-order valence-corrected chi connectivity index (χ1v) is 6.20. The van der Waals surface area contributed by atoms with Crippen molar-refractivity contribution in [2.24, 2.45) is 0 Å². The Bertz CT molecular complexity index is 715. The number of carbonyl (C=O) groups excluding carboxylic acids is 1. The number of aryl methyl sites for hydroxylation is 1. The Morgan fingerprint density at radius 3 is 2.57 bits per heavy atom. The maximum absolute atomic E-state index is 13.5. The van der Waals surface area contributed by atoms with Gasteiger partial charge in [0.05, 0.1) is 11.4 Å². The molecule has 110 valence electrons. The van der Waals surface area contributed by atoms with E-state index in [1.54, 1.807) is 6.92 Å². The molecule has 0 aliphatic rings. The normalized spacial score (nSPS) is 10.2. The van der Waals surface area contributed by atoms with Gasteiger partial charge in [-0.25, -0.2) is 14.0 Å². The number of benzene rings is 1. The lowest BCUT2D eigenvalue weighted by Gasteiger charge is -2.08. The number of hydrogen-bond acceptors (Lipinski definition) is 2. The molecule has 0 atom stereocenters. The van der Waals surface area contributed by atoms with Crippen LogP contribution in [0.3, 0.4) is 0 Å². The summed E-state index contributed by atoms with van der Waals surface area (Å²) in [6.07, 6.45) is 0. The van der Waals surface area contributed by atoms with Crippen LogP contribution in [0.25, 0.3) is 0 Å². The Kier molecular flexibility index (Phi) is 4.13. The summed E-state index contributed by atoms with van der Waals surface area (Å²) in [5.74, 6) is -1.87. The van der Waals surface area contributed by atoms with Gasteiger partial charge in [0.25, 0.3) is 0 Å². The van der Waals surface area contributed by atoms with E-state index in [-0.39, 0.29) is 22.1 Å².